The Labute approximate surface area is 95.5 Å². The lowest BCUT2D eigenvalue weighted by atomic mass is 10.1. The molecule has 2 heterocycles. The quantitative estimate of drug-likeness (QED) is 0.827. The fraction of sp³-hybridized carbons (Fsp3) is 0.667. The van der Waals surface area contributed by atoms with Gasteiger partial charge in [-0.2, -0.15) is 0 Å². The summed E-state index contributed by atoms with van der Waals surface area (Å²) in [7, 11) is 0. The molecule has 1 fully saturated rings. The van der Waals surface area contributed by atoms with Crippen LogP contribution < -0.4 is 0 Å². The summed E-state index contributed by atoms with van der Waals surface area (Å²) >= 11 is 1.78. The van der Waals surface area contributed by atoms with E-state index in [1.165, 1.54) is 42.9 Å². The number of aliphatic hydroxyl groups excluding tert-OH is 1. The van der Waals surface area contributed by atoms with E-state index in [0.717, 1.165) is 12.8 Å². The third kappa shape index (κ3) is 3.03. The van der Waals surface area contributed by atoms with Gasteiger partial charge < -0.3 is 10.0 Å². The maximum absolute atomic E-state index is 8.94. The minimum Gasteiger partial charge on any atom is -0.396 e. The van der Waals surface area contributed by atoms with E-state index < -0.39 is 0 Å². The topological polar surface area (TPSA) is 23.5 Å². The Hall–Kier alpha value is -0.380. The highest BCUT2D eigenvalue weighted by Crippen LogP contribution is 2.19. The zero-order valence-electron chi connectivity index (χ0n) is 9.11. The van der Waals surface area contributed by atoms with E-state index in [0.29, 0.717) is 0 Å². The van der Waals surface area contributed by atoms with Crippen LogP contribution in [0.25, 0.3) is 0 Å². The second-order valence-electron chi connectivity index (χ2n) is 4.14. The van der Waals surface area contributed by atoms with Gasteiger partial charge in [-0.3, -0.25) is 0 Å². The van der Waals surface area contributed by atoms with Crippen molar-refractivity contribution >= 4 is 11.3 Å². The van der Waals surface area contributed by atoms with E-state index in [1.54, 1.807) is 11.3 Å². The molecule has 3 heteroatoms. The molecule has 0 spiro atoms. The molecule has 84 valence electrons. The molecule has 1 saturated heterocycles. The predicted molar refractivity (Wildman–Crippen MR) is 64.5 cm³/mol. The van der Waals surface area contributed by atoms with Gasteiger partial charge >= 0.3 is 0 Å². The summed E-state index contributed by atoms with van der Waals surface area (Å²) in [5, 5.41) is 11.1. The van der Waals surface area contributed by atoms with Crippen LogP contribution in [-0.2, 0) is 12.8 Å². The van der Waals surface area contributed by atoms with Crippen molar-refractivity contribution in [2.45, 2.75) is 25.7 Å². The van der Waals surface area contributed by atoms with Gasteiger partial charge in [-0.05, 0) is 49.4 Å². The average Bonchev–Trinajstić information content (AvgIpc) is 2.85. The molecule has 0 radical (unpaired) electrons. The highest BCUT2D eigenvalue weighted by atomic mass is 32.1. The van der Waals surface area contributed by atoms with Crippen molar-refractivity contribution in [2.24, 2.45) is 0 Å². The lowest BCUT2D eigenvalue weighted by Crippen LogP contribution is -2.22. The van der Waals surface area contributed by atoms with Gasteiger partial charge in [0.2, 0.25) is 0 Å². The summed E-state index contributed by atoms with van der Waals surface area (Å²) in [6.45, 7) is 4.02. The van der Waals surface area contributed by atoms with Gasteiger partial charge in [0.1, 0.15) is 0 Å². The summed E-state index contributed by atoms with van der Waals surface area (Å²) in [6, 6.07) is 2.21. The van der Waals surface area contributed by atoms with Crippen molar-refractivity contribution in [2.75, 3.05) is 26.2 Å². The minimum atomic E-state index is 0.275. The molecule has 1 aromatic heterocycles. The number of likely N-dealkylation sites (tertiary alicyclic amines) is 1. The first-order chi connectivity index (χ1) is 7.40. The molecular formula is C12H19NOS. The number of nitrogens with zero attached hydrogens (tertiary/aromatic N) is 1. The van der Waals surface area contributed by atoms with Crippen LogP contribution in [0.3, 0.4) is 0 Å². The van der Waals surface area contributed by atoms with Crippen LogP contribution in [0.4, 0.5) is 0 Å². The number of aliphatic hydroxyl groups is 1. The van der Waals surface area contributed by atoms with Gasteiger partial charge in [0.15, 0.2) is 0 Å². The molecule has 1 aromatic rings. The van der Waals surface area contributed by atoms with Crippen LogP contribution in [0.5, 0.6) is 0 Å². The fourth-order valence-corrected chi connectivity index (χ4v) is 3.12. The van der Waals surface area contributed by atoms with Gasteiger partial charge in [0, 0.05) is 24.4 Å². The lowest BCUT2D eigenvalue weighted by molar-refractivity contribution is 0.300. The zero-order chi connectivity index (χ0) is 10.5. The first-order valence-corrected chi connectivity index (χ1v) is 6.66. The molecule has 0 aliphatic carbocycles. The molecule has 0 amide bonds. The van der Waals surface area contributed by atoms with E-state index in [4.69, 9.17) is 5.11 Å². The molecule has 2 nitrogen and oxygen atoms in total. The van der Waals surface area contributed by atoms with E-state index in [9.17, 15) is 0 Å². The van der Waals surface area contributed by atoms with Crippen molar-refractivity contribution in [1.82, 2.24) is 4.90 Å². The smallest absolute Gasteiger partial charge is 0.0479 e. The van der Waals surface area contributed by atoms with Crippen LogP contribution in [0.1, 0.15) is 23.3 Å². The standard InChI is InChI=1S/C12H19NOS/c14-9-4-12-11(5-10-15-12)3-8-13-6-1-2-7-13/h5,10,14H,1-4,6-9H2. The Morgan fingerprint density at radius 3 is 2.80 bits per heavy atom. The normalized spacial score (nSPS) is 17.4. The van der Waals surface area contributed by atoms with Crippen molar-refractivity contribution < 1.29 is 5.11 Å². The first-order valence-electron chi connectivity index (χ1n) is 5.78. The number of hydrogen-bond donors (Lipinski definition) is 1. The van der Waals surface area contributed by atoms with E-state index in [2.05, 4.69) is 16.3 Å². The lowest BCUT2D eigenvalue weighted by Gasteiger charge is -2.14. The Morgan fingerprint density at radius 1 is 1.27 bits per heavy atom. The second kappa shape index (κ2) is 5.64. The molecule has 0 unspecified atom stereocenters. The fourth-order valence-electron chi connectivity index (χ4n) is 2.20. The highest BCUT2D eigenvalue weighted by molar-refractivity contribution is 7.10. The van der Waals surface area contributed by atoms with E-state index in [-0.39, 0.29) is 6.61 Å². The molecule has 1 aliphatic rings. The monoisotopic (exact) mass is 225 g/mol. The number of hydrogen-bond acceptors (Lipinski definition) is 3. The number of rotatable bonds is 5. The third-order valence-corrected chi connectivity index (χ3v) is 4.10. The van der Waals surface area contributed by atoms with Crippen LogP contribution >= 0.6 is 11.3 Å². The molecule has 15 heavy (non-hydrogen) atoms. The van der Waals surface area contributed by atoms with Gasteiger partial charge in [-0.1, -0.05) is 0 Å². The van der Waals surface area contributed by atoms with Gasteiger partial charge in [0.25, 0.3) is 0 Å². The molecule has 0 atom stereocenters. The minimum absolute atomic E-state index is 0.275. The van der Waals surface area contributed by atoms with Crippen molar-refractivity contribution in [3.63, 3.8) is 0 Å². The summed E-state index contributed by atoms with van der Waals surface area (Å²) in [4.78, 5) is 3.91. The van der Waals surface area contributed by atoms with E-state index in [1.807, 2.05) is 0 Å². The molecule has 1 N–H and O–H groups in total. The average molecular weight is 225 g/mol. The Balaban J connectivity index is 1.83. The maximum atomic E-state index is 8.94. The van der Waals surface area contributed by atoms with Gasteiger partial charge in [0.05, 0.1) is 0 Å². The van der Waals surface area contributed by atoms with Crippen LogP contribution in [-0.4, -0.2) is 36.2 Å². The first kappa shape index (κ1) is 11.1. The number of thiophene rings is 1. The summed E-state index contributed by atoms with van der Waals surface area (Å²) < 4.78 is 0. The van der Waals surface area contributed by atoms with Crippen LogP contribution in [0.2, 0.25) is 0 Å². The van der Waals surface area contributed by atoms with Crippen LogP contribution in [0.15, 0.2) is 11.4 Å². The van der Waals surface area contributed by atoms with Crippen LogP contribution in [0, 0.1) is 0 Å². The van der Waals surface area contributed by atoms with E-state index >= 15 is 0 Å². The van der Waals surface area contributed by atoms with Crippen molar-refractivity contribution in [3.05, 3.63) is 21.9 Å². The largest absolute Gasteiger partial charge is 0.396 e. The SMILES string of the molecule is OCCc1sccc1CCN1CCCC1. The van der Waals surface area contributed by atoms with Crippen molar-refractivity contribution in [3.8, 4) is 0 Å². The molecule has 1 aliphatic heterocycles. The molecule has 0 aromatic carbocycles. The summed E-state index contributed by atoms with van der Waals surface area (Å²) in [5.41, 5.74) is 1.45. The predicted octanol–water partition coefficient (Wildman–Crippen LogP) is 1.92. The summed E-state index contributed by atoms with van der Waals surface area (Å²) in [5.74, 6) is 0. The molecule has 0 saturated carbocycles. The Morgan fingerprint density at radius 2 is 2.07 bits per heavy atom. The van der Waals surface area contributed by atoms with Crippen molar-refractivity contribution in [1.29, 1.82) is 0 Å². The maximum Gasteiger partial charge on any atom is 0.0479 e. The summed E-state index contributed by atoms with van der Waals surface area (Å²) in [6.07, 6.45) is 4.71. The molecular weight excluding hydrogens is 206 g/mol. The Bertz CT molecular complexity index is 292. The highest BCUT2D eigenvalue weighted by Gasteiger charge is 2.12. The molecule has 0 bridgehead atoms. The zero-order valence-corrected chi connectivity index (χ0v) is 9.93. The van der Waals surface area contributed by atoms with Gasteiger partial charge in [-0.15, -0.1) is 11.3 Å². The third-order valence-electron chi connectivity index (χ3n) is 3.07. The van der Waals surface area contributed by atoms with Gasteiger partial charge in [-0.25, -0.2) is 0 Å². The Kier molecular flexibility index (Phi) is 4.18. The second-order valence-corrected chi connectivity index (χ2v) is 5.14. The molecule has 2 rings (SSSR count).